The molecular weight excluding hydrogens is 424 g/mol. The molecule has 1 rings (SSSR count). The molecule has 120 valence electrons. The molecule has 0 aromatic carbocycles. The van der Waals surface area contributed by atoms with Crippen LogP contribution in [0.3, 0.4) is 0 Å². The minimum atomic E-state index is 0. The maximum Gasteiger partial charge on any atom is 0.191 e. The summed E-state index contributed by atoms with van der Waals surface area (Å²) in [5, 5.41) is 10.6. The molecule has 1 heterocycles. The van der Waals surface area contributed by atoms with Crippen molar-refractivity contribution < 1.29 is 0 Å². The van der Waals surface area contributed by atoms with E-state index in [1.54, 1.807) is 12.3 Å². The van der Waals surface area contributed by atoms with Gasteiger partial charge >= 0.3 is 0 Å². The van der Waals surface area contributed by atoms with Gasteiger partial charge in [-0.25, -0.2) is 4.98 Å². The number of pyridine rings is 1. The van der Waals surface area contributed by atoms with E-state index in [2.05, 4.69) is 32.9 Å². The summed E-state index contributed by atoms with van der Waals surface area (Å²) in [5.41, 5.74) is 0. The number of hydrogen-bond acceptors (Lipinski definition) is 3. The number of halogens is 3. The topological polar surface area (TPSA) is 61.3 Å². The summed E-state index contributed by atoms with van der Waals surface area (Å²) in [7, 11) is 0. The van der Waals surface area contributed by atoms with E-state index in [-0.39, 0.29) is 24.0 Å². The number of guanidine groups is 1. The first kappa shape index (κ1) is 20.5. The minimum Gasteiger partial charge on any atom is -0.367 e. The number of anilines is 1. The Hall–Kier alpha value is -0.470. The van der Waals surface area contributed by atoms with Gasteiger partial charge in [-0.3, -0.25) is 4.99 Å². The fourth-order valence-corrected chi connectivity index (χ4v) is 1.92. The van der Waals surface area contributed by atoms with Crippen LogP contribution in [0.1, 0.15) is 20.3 Å². The Balaban J connectivity index is 0.00000400. The second-order valence-electron chi connectivity index (χ2n) is 4.10. The van der Waals surface area contributed by atoms with Crippen molar-refractivity contribution in [2.45, 2.75) is 20.3 Å². The van der Waals surface area contributed by atoms with Gasteiger partial charge < -0.3 is 16.0 Å². The average molecular weight is 446 g/mol. The molecule has 3 N–H and O–H groups in total. The van der Waals surface area contributed by atoms with Crippen LogP contribution in [0.15, 0.2) is 17.3 Å². The lowest BCUT2D eigenvalue weighted by Crippen LogP contribution is -2.39. The van der Waals surface area contributed by atoms with Crippen molar-refractivity contribution >= 4 is 59.0 Å². The third-order valence-electron chi connectivity index (χ3n) is 2.36. The van der Waals surface area contributed by atoms with Crippen LogP contribution in [0.2, 0.25) is 10.0 Å². The van der Waals surface area contributed by atoms with Crippen LogP contribution < -0.4 is 16.0 Å². The van der Waals surface area contributed by atoms with Crippen LogP contribution in [0.25, 0.3) is 0 Å². The highest BCUT2D eigenvalue weighted by molar-refractivity contribution is 14.0. The molecule has 0 saturated heterocycles. The van der Waals surface area contributed by atoms with Gasteiger partial charge in [0.25, 0.3) is 0 Å². The van der Waals surface area contributed by atoms with E-state index in [1.165, 1.54) is 0 Å². The van der Waals surface area contributed by atoms with Gasteiger partial charge in [-0.05, 0) is 19.4 Å². The number of aliphatic imine (C=N–C) groups is 1. The summed E-state index contributed by atoms with van der Waals surface area (Å²) in [6.45, 7) is 7.20. The fraction of sp³-hybridized carbons (Fsp3) is 0.538. The van der Waals surface area contributed by atoms with Gasteiger partial charge in [-0.15, -0.1) is 24.0 Å². The monoisotopic (exact) mass is 445 g/mol. The van der Waals surface area contributed by atoms with Gasteiger partial charge in [0.15, 0.2) is 5.96 Å². The Morgan fingerprint density at radius 2 is 2.00 bits per heavy atom. The second kappa shape index (κ2) is 12.1. The van der Waals surface area contributed by atoms with Crippen molar-refractivity contribution in [2.75, 3.05) is 31.5 Å². The molecule has 0 fully saturated rings. The second-order valence-corrected chi connectivity index (χ2v) is 4.94. The Morgan fingerprint density at radius 3 is 2.62 bits per heavy atom. The maximum absolute atomic E-state index is 6.02. The van der Waals surface area contributed by atoms with Crippen molar-refractivity contribution in [3.63, 3.8) is 0 Å². The molecule has 1 aromatic rings. The highest BCUT2D eigenvalue weighted by atomic mass is 127. The number of hydrogen-bond donors (Lipinski definition) is 3. The van der Waals surface area contributed by atoms with Crippen LogP contribution in [0, 0.1) is 0 Å². The molecule has 0 radical (unpaired) electrons. The molecule has 0 aliphatic heterocycles. The number of aromatic nitrogens is 1. The Kier molecular flexibility index (Phi) is 11.8. The zero-order chi connectivity index (χ0) is 14.8. The first-order chi connectivity index (χ1) is 9.67. The molecule has 0 amide bonds. The van der Waals surface area contributed by atoms with E-state index < -0.39 is 0 Å². The van der Waals surface area contributed by atoms with E-state index in [1.807, 2.05) is 6.92 Å². The third kappa shape index (κ3) is 8.53. The summed E-state index contributed by atoms with van der Waals surface area (Å²) in [6, 6.07) is 1.67. The quantitative estimate of drug-likeness (QED) is 0.260. The van der Waals surface area contributed by atoms with Gasteiger partial charge in [-0.1, -0.05) is 30.1 Å². The highest BCUT2D eigenvalue weighted by Gasteiger charge is 2.02. The molecule has 1 aromatic heterocycles. The van der Waals surface area contributed by atoms with Gasteiger partial charge in [0.1, 0.15) is 5.82 Å². The van der Waals surface area contributed by atoms with Crippen LogP contribution >= 0.6 is 47.2 Å². The van der Waals surface area contributed by atoms with Crippen molar-refractivity contribution in [1.29, 1.82) is 0 Å². The largest absolute Gasteiger partial charge is 0.367 e. The molecule has 0 unspecified atom stereocenters. The molecule has 0 atom stereocenters. The van der Waals surface area contributed by atoms with E-state index in [0.29, 0.717) is 22.4 Å². The van der Waals surface area contributed by atoms with Gasteiger partial charge in [0.05, 0.1) is 10.0 Å². The summed E-state index contributed by atoms with van der Waals surface area (Å²) in [6.07, 6.45) is 2.59. The van der Waals surface area contributed by atoms with Crippen LogP contribution in [0.4, 0.5) is 5.82 Å². The first-order valence-corrected chi connectivity index (χ1v) is 7.50. The highest BCUT2D eigenvalue weighted by Crippen LogP contribution is 2.21. The summed E-state index contributed by atoms with van der Waals surface area (Å²) >= 11 is 11.8. The van der Waals surface area contributed by atoms with Crippen molar-refractivity contribution in [3.8, 4) is 0 Å². The molecule has 8 heteroatoms. The van der Waals surface area contributed by atoms with Crippen molar-refractivity contribution in [1.82, 2.24) is 15.6 Å². The molecule has 0 saturated carbocycles. The molecule has 0 aliphatic rings. The maximum atomic E-state index is 6.02. The van der Waals surface area contributed by atoms with Crippen LogP contribution in [-0.2, 0) is 0 Å². The lowest BCUT2D eigenvalue weighted by molar-refractivity contribution is 0.810. The Labute approximate surface area is 153 Å². The van der Waals surface area contributed by atoms with E-state index >= 15 is 0 Å². The molecule has 0 bridgehead atoms. The van der Waals surface area contributed by atoms with Crippen molar-refractivity contribution in [2.24, 2.45) is 4.99 Å². The SMILES string of the molecule is CCCN=C(NCC)NCCNc1ncc(Cl)cc1Cl.I. The summed E-state index contributed by atoms with van der Waals surface area (Å²) in [5.74, 6) is 1.46. The first-order valence-electron chi connectivity index (χ1n) is 6.74. The lowest BCUT2D eigenvalue weighted by atomic mass is 10.4. The number of rotatable bonds is 7. The number of nitrogens with one attached hydrogen (secondary N) is 3. The molecule has 21 heavy (non-hydrogen) atoms. The Bertz CT molecular complexity index is 443. The molecular formula is C13H22Cl2IN5. The van der Waals surface area contributed by atoms with Gasteiger partial charge in [0, 0.05) is 32.4 Å². The van der Waals surface area contributed by atoms with E-state index in [0.717, 1.165) is 32.0 Å². The molecule has 0 spiro atoms. The van der Waals surface area contributed by atoms with Gasteiger partial charge in [0.2, 0.25) is 0 Å². The average Bonchev–Trinajstić information content (AvgIpc) is 2.42. The van der Waals surface area contributed by atoms with Crippen molar-refractivity contribution in [3.05, 3.63) is 22.3 Å². The number of nitrogens with zero attached hydrogens (tertiary/aromatic N) is 2. The summed E-state index contributed by atoms with van der Waals surface area (Å²) < 4.78 is 0. The zero-order valence-electron chi connectivity index (χ0n) is 12.2. The summed E-state index contributed by atoms with van der Waals surface area (Å²) in [4.78, 5) is 8.54. The van der Waals surface area contributed by atoms with Crippen LogP contribution in [-0.4, -0.2) is 37.1 Å². The standard InChI is InChI=1S/C13H21Cl2N5.HI/c1-3-5-18-13(16-4-2)19-7-6-17-12-11(15)8-10(14)9-20-12;/h8-9H,3-7H2,1-2H3,(H,17,20)(H2,16,18,19);1H. The van der Waals surface area contributed by atoms with E-state index in [4.69, 9.17) is 23.2 Å². The Morgan fingerprint density at radius 1 is 1.24 bits per heavy atom. The van der Waals surface area contributed by atoms with Crippen LogP contribution in [0.5, 0.6) is 0 Å². The third-order valence-corrected chi connectivity index (χ3v) is 2.85. The minimum absolute atomic E-state index is 0. The molecule has 5 nitrogen and oxygen atoms in total. The smallest absolute Gasteiger partial charge is 0.191 e. The predicted molar refractivity (Wildman–Crippen MR) is 102 cm³/mol. The normalized spacial score (nSPS) is 10.8. The van der Waals surface area contributed by atoms with E-state index in [9.17, 15) is 0 Å². The van der Waals surface area contributed by atoms with Gasteiger partial charge in [-0.2, -0.15) is 0 Å². The zero-order valence-corrected chi connectivity index (χ0v) is 16.1. The fourth-order valence-electron chi connectivity index (χ4n) is 1.47. The predicted octanol–water partition coefficient (Wildman–Crippen LogP) is 3.38. The molecule has 0 aliphatic carbocycles. The lowest BCUT2D eigenvalue weighted by Gasteiger charge is -2.12.